The van der Waals surface area contributed by atoms with Gasteiger partial charge in [0, 0.05) is 28.4 Å². The van der Waals surface area contributed by atoms with Gasteiger partial charge in [0.1, 0.15) is 0 Å². The van der Waals surface area contributed by atoms with Crippen molar-refractivity contribution in [2.75, 3.05) is 20.6 Å². The number of fused-ring (bicyclic) bond motifs is 5. The van der Waals surface area contributed by atoms with Crippen molar-refractivity contribution in [1.29, 1.82) is 0 Å². The lowest BCUT2D eigenvalue weighted by atomic mass is 9.97. The molecule has 6 nitrogen and oxygen atoms in total. The fourth-order valence-corrected chi connectivity index (χ4v) is 3.80. The molecule has 26 heavy (non-hydrogen) atoms. The number of aromatic nitrogens is 1. The lowest BCUT2D eigenvalue weighted by molar-refractivity contribution is 0.0878. The summed E-state index contributed by atoms with van der Waals surface area (Å²) in [5.74, 6) is -0.937. The van der Waals surface area contributed by atoms with Crippen molar-refractivity contribution in [2.45, 2.75) is 13.0 Å². The van der Waals surface area contributed by atoms with Crippen molar-refractivity contribution in [3.8, 4) is 0 Å². The molecular formula is C20H19N3O3. The van der Waals surface area contributed by atoms with Gasteiger partial charge in [0.15, 0.2) is 6.29 Å². The Labute approximate surface area is 150 Å². The summed E-state index contributed by atoms with van der Waals surface area (Å²) < 4.78 is 2.14. The van der Waals surface area contributed by atoms with Gasteiger partial charge in [0.2, 0.25) is 0 Å². The first kappa shape index (κ1) is 16.5. The Bertz CT molecular complexity index is 1080. The van der Waals surface area contributed by atoms with E-state index >= 15 is 0 Å². The average molecular weight is 349 g/mol. The number of amides is 2. The SMILES string of the molecule is CN(C)CCCn1c2ccccc2c2c3c(c(C=O)cc21)C(=O)NC3=O. The topological polar surface area (TPSA) is 71.4 Å². The van der Waals surface area contributed by atoms with Crippen LogP contribution in [0.3, 0.4) is 0 Å². The van der Waals surface area contributed by atoms with Gasteiger partial charge in [-0.3, -0.25) is 19.7 Å². The van der Waals surface area contributed by atoms with Gasteiger partial charge < -0.3 is 9.47 Å². The molecule has 1 aromatic heterocycles. The van der Waals surface area contributed by atoms with Crippen LogP contribution in [0, 0.1) is 0 Å². The molecule has 0 saturated carbocycles. The maximum Gasteiger partial charge on any atom is 0.259 e. The number of aryl methyl sites for hydroxylation is 1. The predicted octanol–water partition coefficient (Wildman–Crippen LogP) is 2.44. The van der Waals surface area contributed by atoms with Crippen LogP contribution in [0.15, 0.2) is 30.3 Å². The highest BCUT2D eigenvalue weighted by atomic mass is 16.2. The van der Waals surface area contributed by atoms with Crippen molar-refractivity contribution in [3.05, 3.63) is 47.0 Å². The van der Waals surface area contributed by atoms with E-state index in [4.69, 9.17) is 0 Å². The number of nitrogens with zero attached hydrogens (tertiary/aromatic N) is 2. The van der Waals surface area contributed by atoms with E-state index in [2.05, 4.69) is 14.8 Å². The van der Waals surface area contributed by atoms with Crippen LogP contribution < -0.4 is 5.32 Å². The number of carbonyl (C=O) groups is 3. The number of benzene rings is 2. The largest absolute Gasteiger partial charge is 0.340 e. The summed E-state index contributed by atoms with van der Waals surface area (Å²) in [5, 5.41) is 4.00. The monoisotopic (exact) mass is 349 g/mol. The van der Waals surface area contributed by atoms with Gasteiger partial charge in [-0.1, -0.05) is 18.2 Å². The number of para-hydroxylation sites is 1. The molecule has 0 spiro atoms. The standard InChI is InChI=1S/C20H19N3O3/c1-22(2)8-5-9-23-14-7-4-3-6-13(14)17-15(23)10-12(11-24)16-18(17)20(26)21-19(16)25/h3-4,6-7,10-11H,5,8-9H2,1-2H3,(H,21,25,26). The lowest BCUT2D eigenvalue weighted by Crippen LogP contribution is -2.20. The van der Waals surface area contributed by atoms with E-state index in [1.165, 1.54) is 0 Å². The molecule has 0 bridgehead atoms. The van der Waals surface area contributed by atoms with E-state index in [-0.39, 0.29) is 11.1 Å². The van der Waals surface area contributed by atoms with Crippen molar-refractivity contribution >= 4 is 39.9 Å². The summed E-state index contributed by atoms with van der Waals surface area (Å²) in [6, 6.07) is 9.56. The molecule has 2 heterocycles. The smallest absolute Gasteiger partial charge is 0.259 e. The summed E-state index contributed by atoms with van der Waals surface area (Å²) >= 11 is 0. The summed E-state index contributed by atoms with van der Waals surface area (Å²) in [6.07, 6.45) is 1.58. The van der Waals surface area contributed by atoms with Gasteiger partial charge >= 0.3 is 0 Å². The number of rotatable bonds is 5. The van der Waals surface area contributed by atoms with E-state index in [0.717, 1.165) is 41.3 Å². The van der Waals surface area contributed by atoms with Gasteiger partial charge in [-0.25, -0.2) is 0 Å². The Morgan fingerprint density at radius 3 is 2.54 bits per heavy atom. The molecule has 6 heteroatoms. The van der Waals surface area contributed by atoms with Crippen LogP contribution in [0.5, 0.6) is 0 Å². The van der Waals surface area contributed by atoms with E-state index < -0.39 is 11.8 Å². The first-order valence-corrected chi connectivity index (χ1v) is 8.56. The van der Waals surface area contributed by atoms with Crippen molar-refractivity contribution < 1.29 is 14.4 Å². The molecule has 132 valence electrons. The Morgan fingerprint density at radius 1 is 1.08 bits per heavy atom. The van der Waals surface area contributed by atoms with Gasteiger partial charge in [-0.2, -0.15) is 0 Å². The maximum atomic E-state index is 12.5. The second-order valence-corrected chi connectivity index (χ2v) is 6.84. The quantitative estimate of drug-likeness (QED) is 0.567. The zero-order valence-corrected chi connectivity index (χ0v) is 14.7. The van der Waals surface area contributed by atoms with Crippen LogP contribution in [0.1, 0.15) is 37.5 Å². The molecule has 0 atom stereocenters. The molecule has 2 amide bonds. The third-order valence-corrected chi connectivity index (χ3v) is 4.89. The highest BCUT2D eigenvalue weighted by molar-refractivity contribution is 6.32. The van der Waals surface area contributed by atoms with Crippen molar-refractivity contribution in [2.24, 2.45) is 0 Å². The molecular weight excluding hydrogens is 330 g/mol. The first-order valence-electron chi connectivity index (χ1n) is 8.56. The molecule has 3 aromatic rings. The average Bonchev–Trinajstić information content (AvgIpc) is 3.09. The van der Waals surface area contributed by atoms with Crippen LogP contribution in [-0.2, 0) is 6.54 Å². The number of nitrogens with one attached hydrogen (secondary N) is 1. The number of hydrogen-bond donors (Lipinski definition) is 1. The van der Waals surface area contributed by atoms with E-state index in [1.54, 1.807) is 6.07 Å². The highest BCUT2D eigenvalue weighted by Gasteiger charge is 2.33. The Kier molecular flexibility index (Phi) is 3.85. The molecule has 0 fully saturated rings. The van der Waals surface area contributed by atoms with Crippen LogP contribution in [0.25, 0.3) is 21.8 Å². The van der Waals surface area contributed by atoms with Crippen LogP contribution >= 0.6 is 0 Å². The molecule has 0 radical (unpaired) electrons. The minimum Gasteiger partial charge on any atom is -0.340 e. The van der Waals surface area contributed by atoms with E-state index in [0.29, 0.717) is 11.8 Å². The van der Waals surface area contributed by atoms with Gasteiger partial charge in [0.05, 0.1) is 16.6 Å². The third-order valence-electron chi connectivity index (χ3n) is 4.89. The number of hydrogen-bond acceptors (Lipinski definition) is 4. The minimum absolute atomic E-state index is 0.189. The fourth-order valence-electron chi connectivity index (χ4n) is 3.80. The Hall–Kier alpha value is -2.99. The van der Waals surface area contributed by atoms with Crippen LogP contribution in [-0.4, -0.2) is 48.2 Å². The van der Waals surface area contributed by atoms with Crippen LogP contribution in [0.2, 0.25) is 0 Å². The second-order valence-electron chi connectivity index (χ2n) is 6.84. The predicted molar refractivity (Wildman–Crippen MR) is 99.8 cm³/mol. The minimum atomic E-state index is -0.501. The maximum absolute atomic E-state index is 12.5. The van der Waals surface area contributed by atoms with E-state index in [9.17, 15) is 14.4 Å². The fraction of sp³-hybridized carbons (Fsp3) is 0.250. The summed E-state index contributed by atoms with van der Waals surface area (Å²) in [6.45, 7) is 1.69. The zero-order valence-electron chi connectivity index (χ0n) is 14.7. The van der Waals surface area contributed by atoms with Gasteiger partial charge in [-0.15, -0.1) is 0 Å². The van der Waals surface area contributed by atoms with Crippen LogP contribution in [0.4, 0.5) is 0 Å². The van der Waals surface area contributed by atoms with Crippen molar-refractivity contribution in [3.63, 3.8) is 0 Å². The Balaban J connectivity index is 2.05. The third kappa shape index (κ3) is 2.34. The Morgan fingerprint density at radius 2 is 1.81 bits per heavy atom. The number of aldehydes is 1. The molecule has 0 aliphatic carbocycles. The number of carbonyl (C=O) groups excluding carboxylic acids is 3. The second kappa shape index (κ2) is 6.07. The summed E-state index contributed by atoms with van der Waals surface area (Å²) in [4.78, 5) is 38.3. The first-order chi connectivity index (χ1) is 12.5. The molecule has 1 aliphatic rings. The summed E-state index contributed by atoms with van der Waals surface area (Å²) in [5.41, 5.74) is 2.58. The molecule has 1 N–H and O–H groups in total. The molecule has 0 unspecified atom stereocenters. The highest BCUT2D eigenvalue weighted by Crippen LogP contribution is 2.36. The molecule has 4 rings (SSSR count). The molecule has 1 aliphatic heterocycles. The molecule has 2 aromatic carbocycles. The van der Waals surface area contributed by atoms with Crippen molar-refractivity contribution in [1.82, 2.24) is 14.8 Å². The summed E-state index contributed by atoms with van der Waals surface area (Å²) in [7, 11) is 4.05. The normalized spacial score (nSPS) is 13.7. The zero-order chi connectivity index (χ0) is 18.4. The van der Waals surface area contributed by atoms with Gasteiger partial charge in [-0.05, 0) is 39.2 Å². The van der Waals surface area contributed by atoms with Gasteiger partial charge in [0.25, 0.3) is 11.8 Å². The van der Waals surface area contributed by atoms with E-state index in [1.807, 2.05) is 38.4 Å². The number of imide groups is 1. The molecule has 0 saturated heterocycles. The lowest BCUT2D eigenvalue weighted by Gasteiger charge is -2.12.